The summed E-state index contributed by atoms with van der Waals surface area (Å²) in [4.78, 5) is 22.6. The largest absolute Gasteiger partial charge is 0.416 e. The fraction of sp³-hybridized carbons (Fsp3) is 0.433. The maximum absolute atomic E-state index is 13.8. The first-order valence-corrected chi connectivity index (χ1v) is 14.4. The lowest BCUT2D eigenvalue weighted by Gasteiger charge is -2.41. The van der Waals surface area contributed by atoms with Crippen LogP contribution in [0.1, 0.15) is 52.3 Å². The van der Waals surface area contributed by atoms with Gasteiger partial charge in [0.05, 0.1) is 11.1 Å². The highest BCUT2D eigenvalue weighted by Gasteiger charge is 2.39. The minimum atomic E-state index is -5.06. The molecule has 0 radical (unpaired) electrons. The molecule has 0 bridgehead atoms. The molecule has 1 fully saturated rings. The van der Waals surface area contributed by atoms with Crippen molar-refractivity contribution < 1.29 is 31.1 Å². The third-order valence-corrected chi connectivity index (χ3v) is 8.14. The number of amides is 1. The van der Waals surface area contributed by atoms with Crippen LogP contribution >= 0.6 is 0 Å². The molecule has 1 atom stereocenters. The summed E-state index contributed by atoms with van der Waals surface area (Å²) >= 11 is 0. The highest BCUT2D eigenvalue weighted by atomic mass is 19.4. The molecule has 0 aliphatic carbocycles. The molecule has 1 unspecified atom stereocenters. The maximum atomic E-state index is 13.8. The standard InChI is InChI=1S/C30H33F6N7O/c1-3-41(4-2)17-26-27(39-40-38-26)18-42-9-10-43(23(16-42)13-20-15-37-25-8-6-5-7-24(20)25)28(44)19-11-21(29(31,32)33)14-22(12-19)30(34,35)36/h5-8,11-12,14-15,23,37H,3-4,9-10,13,16-18H2,1-2H3,(H,38,39,40). The van der Waals surface area contributed by atoms with Gasteiger partial charge in [-0.15, -0.1) is 0 Å². The summed E-state index contributed by atoms with van der Waals surface area (Å²) in [6.45, 7) is 7.57. The van der Waals surface area contributed by atoms with Crippen molar-refractivity contribution in [3.63, 3.8) is 0 Å². The minimum absolute atomic E-state index is 0.0336. The lowest BCUT2D eigenvalue weighted by atomic mass is 9.98. The van der Waals surface area contributed by atoms with Crippen LogP contribution < -0.4 is 0 Å². The number of H-pyrrole nitrogens is 2. The van der Waals surface area contributed by atoms with E-state index in [0.29, 0.717) is 44.7 Å². The number of alkyl halides is 6. The first-order valence-electron chi connectivity index (χ1n) is 14.4. The van der Waals surface area contributed by atoms with Crippen LogP contribution in [0.5, 0.6) is 0 Å². The molecular formula is C30H33F6N7O. The van der Waals surface area contributed by atoms with E-state index in [1.807, 2.05) is 30.5 Å². The first kappa shape index (κ1) is 31.5. The highest BCUT2D eigenvalue weighted by molar-refractivity contribution is 5.95. The number of hydrogen-bond donors (Lipinski definition) is 2. The number of nitrogens with zero attached hydrogens (tertiary/aromatic N) is 5. The number of carbonyl (C=O) groups is 1. The van der Waals surface area contributed by atoms with Crippen molar-refractivity contribution in [2.45, 2.75) is 51.8 Å². The number of aromatic amines is 2. The first-order chi connectivity index (χ1) is 20.9. The van der Waals surface area contributed by atoms with Gasteiger partial charge in [-0.25, -0.2) is 0 Å². The molecule has 0 saturated carbocycles. The summed E-state index contributed by atoms with van der Waals surface area (Å²) < 4.78 is 81.5. The van der Waals surface area contributed by atoms with Crippen LogP contribution in [0.25, 0.3) is 10.9 Å². The number of carbonyl (C=O) groups excluding carboxylic acids is 1. The van der Waals surface area contributed by atoms with E-state index in [-0.39, 0.29) is 12.6 Å². The molecule has 44 heavy (non-hydrogen) atoms. The number of para-hydroxylation sites is 1. The van der Waals surface area contributed by atoms with E-state index < -0.39 is 41.0 Å². The van der Waals surface area contributed by atoms with E-state index in [0.717, 1.165) is 40.9 Å². The molecule has 8 nitrogen and oxygen atoms in total. The number of piperazine rings is 1. The summed E-state index contributed by atoms with van der Waals surface area (Å²) in [5.74, 6) is -0.880. The van der Waals surface area contributed by atoms with Crippen molar-refractivity contribution in [1.82, 2.24) is 35.1 Å². The fourth-order valence-corrected chi connectivity index (χ4v) is 5.70. The number of hydrogen-bond acceptors (Lipinski definition) is 5. The zero-order valence-electron chi connectivity index (χ0n) is 24.3. The molecule has 1 amide bonds. The Labute approximate surface area is 250 Å². The molecule has 1 aliphatic rings. The van der Waals surface area contributed by atoms with Crippen molar-refractivity contribution in [3.05, 3.63) is 82.3 Å². The molecule has 1 aliphatic heterocycles. The second kappa shape index (κ2) is 12.6. The molecule has 0 spiro atoms. The average Bonchev–Trinajstić information content (AvgIpc) is 3.61. The van der Waals surface area contributed by atoms with Gasteiger partial charge in [0.25, 0.3) is 5.91 Å². The van der Waals surface area contributed by atoms with Crippen molar-refractivity contribution in [1.29, 1.82) is 0 Å². The summed E-state index contributed by atoms with van der Waals surface area (Å²) in [7, 11) is 0. The van der Waals surface area contributed by atoms with Crippen LogP contribution in [0, 0.1) is 0 Å². The Hall–Kier alpha value is -3.91. The molecule has 14 heteroatoms. The molecule has 2 aromatic heterocycles. The molecule has 1 saturated heterocycles. The zero-order valence-corrected chi connectivity index (χ0v) is 24.3. The van der Waals surface area contributed by atoms with E-state index in [1.165, 1.54) is 4.90 Å². The van der Waals surface area contributed by atoms with Gasteiger partial charge in [-0.3, -0.25) is 14.6 Å². The Morgan fingerprint density at radius 3 is 2.27 bits per heavy atom. The van der Waals surface area contributed by atoms with Gasteiger partial charge >= 0.3 is 12.4 Å². The molecule has 5 rings (SSSR count). The van der Waals surface area contributed by atoms with Crippen LogP contribution in [0.4, 0.5) is 26.3 Å². The zero-order chi connectivity index (χ0) is 31.6. The van der Waals surface area contributed by atoms with Gasteiger partial charge in [0.15, 0.2) is 0 Å². The summed E-state index contributed by atoms with van der Waals surface area (Å²) in [6.07, 6.45) is -7.96. The Balaban J connectivity index is 1.45. The van der Waals surface area contributed by atoms with E-state index in [4.69, 9.17) is 0 Å². The van der Waals surface area contributed by atoms with Crippen molar-refractivity contribution in [2.24, 2.45) is 0 Å². The van der Waals surface area contributed by atoms with Crippen molar-refractivity contribution >= 4 is 16.8 Å². The number of aromatic nitrogens is 4. The van der Waals surface area contributed by atoms with E-state index in [2.05, 4.69) is 44.0 Å². The SMILES string of the molecule is CCN(CC)Cc1n[nH]nc1CN1CCN(C(=O)c2cc(C(F)(F)F)cc(C(F)(F)F)c2)C(Cc2c[nH]c3ccccc23)C1. The number of halogens is 6. The Morgan fingerprint density at radius 1 is 0.955 bits per heavy atom. The topological polar surface area (TPSA) is 84.2 Å². The Morgan fingerprint density at radius 2 is 1.61 bits per heavy atom. The third kappa shape index (κ3) is 6.91. The molecular weight excluding hydrogens is 588 g/mol. The van der Waals surface area contributed by atoms with E-state index in [1.54, 1.807) is 0 Å². The van der Waals surface area contributed by atoms with Gasteiger partial charge in [-0.05, 0) is 49.3 Å². The second-order valence-electron chi connectivity index (χ2n) is 10.9. The van der Waals surface area contributed by atoms with Gasteiger partial charge in [-0.2, -0.15) is 41.8 Å². The maximum Gasteiger partial charge on any atom is 0.416 e. The van der Waals surface area contributed by atoms with E-state index >= 15 is 0 Å². The summed E-state index contributed by atoms with van der Waals surface area (Å²) in [6, 6.07) is 8.07. The molecule has 236 valence electrons. The van der Waals surface area contributed by atoms with Crippen molar-refractivity contribution in [3.8, 4) is 0 Å². The van der Waals surface area contributed by atoms with Gasteiger partial charge in [0.1, 0.15) is 11.4 Å². The van der Waals surface area contributed by atoms with Crippen LogP contribution in [-0.2, 0) is 31.9 Å². The van der Waals surface area contributed by atoms with Crippen LogP contribution in [-0.4, -0.2) is 79.8 Å². The Kier molecular flexibility index (Phi) is 9.02. The summed E-state index contributed by atoms with van der Waals surface area (Å²) in [5, 5.41) is 12.3. The van der Waals surface area contributed by atoms with Gasteiger partial charge in [0, 0.05) is 61.4 Å². The number of rotatable bonds is 9. The third-order valence-electron chi connectivity index (χ3n) is 8.14. The fourth-order valence-electron chi connectivity index (χ4n) is 5.70. The Bertz CT molecular complexity index is 1560. The number of fused-ring (bicyclic) bond motifs is 1. The summed E-state index contributed by atoms with van der Waals surface area (Å²) in [5.41, 5.74) is -0.386. The van der Waals surface area contributed by atoms with Crippen LogP contribution in [0.2, 0.25) is 0 Å². The lowest BCUT2D eigenvalue weighted by molar-refractivity contribution is -0.143. The van der Waals surface area contributed by atoms with Crippen molar-refractivity contribution in [2.75, 3.05) is 32.7 Å². The minimum Gasteiger partial charge on any atom is -0.361 e. The molecule has 4 aromatic rings. The average molecular weight is 622 g/mol. The van der Waals surface area contributed by atoms with E-state index in [9.17, 15) is 31.1 Å². The molecule has 2 N–H and O–H groups in total. The smallest absolute Gasteiger partial charge is 0.361 e. The number of benzene rings is 2. The molecule has 2 aromatic carbocycles. The van der Waals surface area contributed by atoms with Crippen LogP contribution in [0.15, 0.2) is 48.7 Å². The van der Waals surface area contributed by atoms with Gasteiger partial charge in [0.2, 0.25) is 0 Å². The molecule has 3 heterocycles. The lowest BCUT2D eigenvalue weighted by Crippen LogP contribution is -2.55. The second-order valence-corrected chi connectivity index (χ2v) is 10.9. The monoisotopic (exact) mass is 621 g/mol. The predicted molar refractivity (Wildman–Crippen MR) is 152 cm³/mol. The van der Waals surface area contributed by atoms with Crippen LogP contribution in [0.3, 0.4) is 0 Å². The van der Waals surface area contributed by atoms with Gasteiger partial charge < -0.3 is 9.88 Å². The quantitative estimate of drug-likeness (QED) is 0.233. The van der Waals surface area contributed by atoms with Gasteiger partial charge in [-0.1, -0.05) is 32.0 Å². The highest BCUT2D eigenvalue weighted by Crippen LogP contribution is 2.37. The normalized spacial score (nSPS) is 16.8. The predicted octanol–water partition coefficient (Wildman–Crippen LogP) is 5.73. The number of nitrogens with one attached hydrogen (secondary N) is 2.